The molecule has 1 atom stereocenters. The first kappa shape index (κ1) is 38.7. The number of methoxy groups -OCH3 is 3. The summed E-state index contributed by atoms with van der Waals surface area (Å²) >= 11 is 0. The molecule has 0 radical (unpaired) electrons. The zero-order valence-corrected chi connectivity index (χ0v) is 26.5. The van der Waals surface area contributed by atoms with Crippen molar-refractivity contribution in [3.05, 3.63) is 0 Å². The van der Waals surface area contributed by atoms with E-state index in [1.807, 2.05) is 0 Å². The third-order valence-electron chi connectivity index (χ3n) is 8.61. The molecule has 0 spiro atoms. The molecule has 0 aliphatic heterocycles. The van der Waals surface area contributed by atoms with Crippen molar-refractivity contribution < 1.29 is 27.4 Å². The molecule has 0 bridgehead atoms. The summed E-state index contributed by atoms with van der Waals surface area (Å²) < 4.78 is 57.4. The Kier molecular flexibility index (Phi) is 24.1. The molecular weight excluding hydrogens is 501 g/mol. The zero-order chi connectivity index (χ0) is 29.3. The van der Waals surface area contributed by atoms with Gasteiger partial charge < -0.3 is 14.2 Å². The van der Waals surface area contributed by atoms with E-state index in [-0.39, 0.29) is 6.42 Å². The first-order chi connectivity index (χ1) is 18.8. The second-order valence-corrected chi connectivity index (χ2v) is 11.8. The van der Waals surface area contributed by atoms with Gasteiger partial charge in [-0.3, -0.25) is 0 Å². The van der Waals surface area contributed by atoms with Crippen LogP contribution in [0.1, 0.15) is 174 Å². The molecular formula is C33H65F3O3. The average Bonchev–Trinajstić information content (AvgIpc) is 2.92. The van der Waals surface area contributed by atoms with Gasteiger partial charge in [-0.1, -0.05) is 149 Å². The molecule has 3 nitrogen and oxygen atoms in total. The molecule has 0 fully saturated rings. The van der Waals surface area contributed by atoms with Crippen LogP contribution in [0.15, 0.2) is 0 Å². The standard InChI is InChI=1S/C33H65F3O3/c1-6-8-10-12-14-15-16-17-18-19-20-21-22-24-26-28-31(29-30-32(34,35)36,33(37-3,38-4)39-5)27-25-23-13-11-9-7-2/h6-30H2,1-5H3. The lowest BCUT2D eigenvalue weighted by Crippen LogP contribution is -2.53. The van der Waals surface area contributed by atoms with E-state index in [2.05, 4.69) is 13.8 Å². The molecule has 0 heterocycles. The molecule has 0 aromatic carbocycles. The highest BCUT2D eigenvalue weighted by Gasteiger charge is 2.54. The van der Waals surface area contributed by atoms with Crippen LogP contribution in [0.3, 0.4) is 0 Å². The van der Waals surface area contributed by atoms with Gasteiger partial charge in [0.1, 0.15) is 0 Å². The Bertz CT molecular complexity index is 515. The van der Waals surface area contributed by atoms with Gasteiger partial charge in [0.15, 0.2) is 0 Å². The highest BCUT2D eigenvalue weighted by Crippen LogP contribution is 2.50. The number of ether oxygens (including phenoxy) is 3. The fourth-order valence-corrected chi connectivity index (χ4v) is 6.19. The van der Waals surface area contributed by atoms with Crippen LogP contribution in [0.25, 0.3) is 0 Å². The third-order valence-corrected chi connectivity index (χ3v) is 8.61. The molecule has 236 valence electrons. The fraction of sp³-hybridized carbons (Fsp3) is 1.00. The van der Waals surface area contributed by atoms with E-state index in [4.69, 9.17) is 14.2 Å². The minimum Gasteiger partial charge on any atom is -0.330 e. The van der Waals surface area contributed by atoms with Crippen LogP contribution in [0, 0.1) is 5.41 Å². The van der Waals surface area contributed by atoms with E-state index in [0.717, 1.165) is 38.5 Å². The molecule has 6 heteroatoms. The molecule has 0 N–H and O–H groups in total. The Morgan fingerprint density at radius 2 is 0.667 bits per heavy atom. The van der Waals surface area contributed by atoms with Crippen molar-refractivity contribution in [1.82, 2.24) is 0 Å². The first-order valence-corrected chi connectivity index (χ1v) is 16.5. The van der Waals surface area contributed by atoms with Gasteiger partial charge in [-0.15, -0.1) is 0 Å². The van der Waals surface area contributed by atoms with Crippen LogP contribution in [0.5, 0.6) is 0 Å². The highest BCUT2D eigenvalue weighted by molar-refractivity contribution is 4.89. The molecule has 0 aromatic heterocycles. The number of hydrogen-bond acceptors (Lipinski definition) is 3. The lowest BCUT2D eigenvalue weighted by molar-refractivity contribution is -0.412. The van der Waals surface area contributed by atoms with E-state index in [0.29, 0.717) is 12.8 Å². The monoisotopic (exact) mass is 566 g/mol. The SMILES string of the molecule is CCCCCCCCCCCCCCCCCC(CCCCCCCC)(CCC(F)(F)F)C(OC)(OC)OC. The van der Waals surface area contributed by atoms with Gasteiger partial charge in [0.05, 0.1) is 5.41 Å². The molecule has 1 unspecified atom stereocenters. The van der Waals surface area contributed by atoms with Crippen molar-refractivity contribution in [2.45, 2.75) is 187 Å². The first-order valence-electron chi connectivity index (χ1n) is 16.5. The van der Waals surface area contributed by atoms with Crippen LogP contribution in [-0.4, -0.2) is 33.5 Å². The Morgan fingerprint density at radius 3 is 0.923 bits per heavy atom. The summed E-state index contributed by atoms with van der Waals surface area (Å²) in [5.74, 6) is -1.46. The summed E-state index contributed by atoms with van der Waals surface area (Å²) in [7, 11) is 4.47. The Hall–Kier alpha value is -0.330. The topological polar surface area (TPSA) is 27.7 Å². The van der Waals surface area contributed by atoms with Gasteiger partial charge in [0.25, 0.3) is 5.97 Å². The maximum Gasteiger partial charge on any atom is 0.389 e. The van der Waals surface area contributed by atoms with Gasteiger partial charge in [0, 0.05) is 27.8 Å². The predicted octanol–water partition coefficient (Wildman–Crippen LogP) is 11.9. The maximum absolute atomic E-state index is 13.4. The van der Waals surface area contributed by atoms with Crippen molar-refractivity contribution in [3.63, 3.8) is 0 Å². The smallest absolute Gasteiger partial charge is 0.330 e. The van der Waals surface area contributed by atoms with E-state index in [1.54, 1.807) is 0 Å². The van der Waals surface area contributed by atoms with Gasteiger partial charge in [-0.2, -0.15) is 13.2 Å². The minimum absolute atomic E-state index is 0.0421. The summed E-state index contributed by atoms with van der Waals surface area (Å²) in [6.07, 6.45) is 21.7. The van der Waals surface area contributed by atoms with Crippen molar-refractivity contribution in [3.8, 4) is 0 Å². The van der Waals surface area contributed by atoms with Crippen LogP contribution < -0.4 is 0 Å². The fourth-order valence-electron chi connectivity index (χ4n) is 6.19. The summed E-state index contributed by atoms with van der Waals surface area (Å²) in [6, 6.07) is 0. The van der Waals surface area contributed by atoms with Crippen molar-refractivity contribution >= 4 is 0 Å². The maximum atomic E-state index is 13.4. The van der Waals surface area contributed by atoms with Crippen molar-refractivity contribution in [2.24, 2.45) is 5.41 Å². The van der Waals surface area contributed by atoms with E-state index >= 15 is 0 Å². The summed E-state index contributed by atoms with van der Waals surface area (Å²) in [4.78, 5) is 0. The molecule has 0 saturated heterocycles. The van der Waals surface area contributed by atoms with Crippen LogP contribution in [0.4, 0.5) is 13.2 Å². The second-order valence-electron chi connectivity index (χ2n) is 11.8. The molecule has 39 heavy (non-hydrogen) atoms. The van der Waals surface area contributed by atoms with Gasteiger partial charge in [-0.05, 0) is 19.3 Å². The Balaban J connectivity index is 4.70. The second kappa shape index (κ2) is 24.3. The van der Waals surface area contributed by atoms with Crippen LogP contribution in [-0.2, 0) is 14.2 Å². The lowest BCUT2D eigenvalue weighted by Gasteiger charge is -2.47. The molecule has 0 aromatic rings. The number of halogens is 3. The normalized spacial score (nSPS) is 14.2. The number of rotatable bonds is 29. The number of alkyl halides is 3. The van der Waals surface area contributed by atoms with E-state index in [1.165, 1.54) is 118 Å². The molecule has 0 aliphatic rings. The summed E-state index contributed by atoms with van der Waals surface area (Å²) in [5.41, 5.74) is -0.831. The molecule has 0 aliphatic carbocycles. The van der Waals surface area contributed by atoms with Crippen molar-refractivity contribution in [1.29, 1.82) is 0 Å². The minimum atomic E-state index is -4.22. The molecule has 0 rings (SSSR count). The average molecular weight is 567 g/mol. The number of hydrogen-bond donors (Lipinski definition) is 0. The molecule has 0 amide bonds. The highest BCUT2D eigenvalue weighted by atomic mass is 19.4. The largest absolute Gasteiger partial charge is 0.389 e. The van der Waals surface area contributed by atoms with Crippen LogP contribution in [0.2, 0.25) is 0 Å². The zero-order valence-electron chi connectivity index (χ0n) is 26.5. The quantitative estimate of drug-likeness (QED) is 0.0665. The molecule has 0 saturated carbocycles. The van der Waals surface area contributed by atoms with E-state index < -0.39 is 24.0 Å². The Morgan fingerprint density at radius 1 is 0.385 bits per heavy atom. The summed E-state index contributed by atoms with van der Waals surface area (Å²) in [6.45, 7) is 4.45. The summed E-state index contributed by atoms with van der Waals surface area (Å²) in [5, 5.41) is 0. The van der Waals surface area contributed by atoms with Crippen LogP contribution >= 0.6 is 0 Å². The van der Waals surface area contributed by atoms with Gasteiger partial charge in [-0.25, -0.2) is 0 Å². The lowest BCUT2D eigenvalue weighted by atomic mass is 9.71. The van der Waals surface area contributed by atoms with Gasteiger partial charge >= 0.3 is 6.18 Å². The third kappa shape index (κ3) is 18.0. The van der Waals surface area contributed by atoms with Gasteiger partial charge in [0.2, 0.25) is 0 Å². The predicted molar refractivity (Wildman–Crippen MR) is 159 cm³/mol. The van der Waals surface area contributed by atoms with E-state index in [9.17, 15) is 13.2 Å². The van der Waals surface area contributed by atoms with Crippen molar-refractivity contribution in [2.75, 3.05) is 21.3 Å². The number of unbranched alkanes of at least 4 members (excludes halogenated alkanes) is 19. The Labute approximate surface area is 240 Å².